The number of nitrogens with one attached hydrogen (secondary N) is 1. The van der Waals surface area contributed by atoms with Gasteiger partial charge < -0.3 is 4.98 Å². The molecule has 0 spiro atoms. The molecule has 2 heterocycles. The van der Waals surface area contributed by atoms with Gasteiger partial charge >= 0.3 is 4.87 Å². The molecule has 3 aliphatic rings. The van der Waals surface area contributed by atoms with Crippen LogP contribution in [0.15, 0.2) is 38.6 Å². The first-order chi connectivity index (χ1) is 10.7. The summed E-state index contributed by atoms with van der Waals surface area (Å²) in [6.07, 6.45) is 4.16. The van der Waals surface area contributed by atoms with Crippen molar-refractivity contribution >= 4 is 39.0 Å². The Labute approximate surface area is 145 Å². The highest BCUT2D eigenvalue weighted by atomic mass is 79.9. The minimum absolute atomic E-state index is 0.104. The van der Waals surface area contributed by atoms with Gasteiger partial charge in [-0.3, -0.25) is 4.79 Å². The third-order valence-electron chi connectivity index (χ3n) is 5.69. The first-order valence-corrected chi connectivity index (χ1v) is 10.3. The summed E-state index contributed by atoms with van der Waals surface area (Å²) < 4.78 is 1.12. The van der Waals surface area contributed by atoms with Gasteiger partial charge in [-0.2, -0.15) is 0 Å². The number of hydrogen-bond donors (Lipinski definition) is 1. The summed E-state index contributed by atoms with van der Waals surface area (Å²) in [7, 11) is 0. The lowest BCUT2D eigenvalue weighted by atomic mass is 9.75. The minimum atomic E-state index is 0.104. The number of benzene rings is 1. The van der Waals surface area contributed by atoms with Crippen molar-refractivity contribution in [3.05, 3.63) is 48.8 Å². The molecular weight excluding hydrogens is 378 g/mol. The molecule has 1 aromatic heterocycles. The van der Waals surface area contributed by atoms with Crippen molar-refractivity contribution in [2.24, 2.45) is 17.8 Å². The van der Waals surface area contributed by atoms with Crippen LogP contribution >= 0.6 is 39.0 Å². The number of thioether (sulfide) groups is 1. The molecule has 0 amide bonds. The maximum atomic E-state index is 11.9. The predicted molar refractivity (Wildman–Crippen MR) is 94.9 cm³/mol. The van der Waals surface area contributed by atoms with Crippen LogP contribution in [0.1, 0.15) is 35.6 Å². The molecule has 5 rings (SSSR count). The van der Waals surface area contributed by atoms with E-state index in [2.05, 4.69) is 45.2 Å². The monoisotopic (exact) mass is 393 g/mol. The van der Waals surface area contributed by atoms with Crippen molar-refractivity contribution in [3.63, 3.8) is 0 Å². The lowest BCUT2D eigenvalue weighted by Gasteiger charge is -2.40. The van der Waals surface area contributed by atoms with Gasteiger partial charge in [0.15, 0.2) is 0 Å². The van der Waals surface area contributed by atoms with E-state index in [9.17, 15) is 4.79 Å². The van der Waals surface area contributed by atoms with Crippen molar-refractivity contribution in [2.45, 2.75) is 35.5 Å². The quantitative estimate of drug-likeness (QED) is 0.750. The Hall–Kier alpha value is -0.520. The molecule has 5 heteroatoms. The summed E-state index contributed by atoms with van der Waals surface area (Å²) in [5, 5.41) is 1.85. The van der Waals surface area contributed by atoms with Gasteiger partial charge in [-0.15, -0.1) is 11.8 Å². The Bertz CT molecular complexity index is 781. The van der Waals surface area contributed by atoms with Crippen molar-refractivity contribution in [3.8, 4) is 0 Å². The van der Waals surface area contributed by atoms with Crippen LogP contribution in [0.4, 0.5) is 0 Å². The average Bonchev–Trinajstić information content (AvgIpc) is 3.19. The van der Waals surface area contributed by atoms with E-state index in [1.54, 1.807) is 0 Å². The Morgan fingerprint density at radius 1 is 1.14 bits per heavy atom. The number of aromatic nitrogens is 1. The molecule has 2 aromatic rings. The molecule has 2 nitrogen and oxygen atoms in total. The van der Waals surface area contributed by atoms with Gasteiger partial charge in [-0.1, -0.05) is 39.4 Å². The van der Waals surface area contributed by atoms with E-state index in [0.29, 0.717) is 17.1 Å². The largest absolute Gasteiger partial charge is 0.307 e. The predicted octanol–water partition coefficient (Wildman–Crippen LogP) is 4.85. The van der Waals surface area contributed by atoms with E-state index in [4.69, 9.17) is 0 Å². The molecule has 1 N–H and O–H groups in total. The number of H-pyrrole nitrogens is 1. The number of rotatable bonds is 1. The van der Waals surface area contributed by atoms with E-state index >= 15 is 0 Å². The highest BCUT2D eigenvalue weighted by Gasteiger charge is 2.54. The number of fused-ring (bicyclic) bond motifs is 6. The van der Waals surface area contributed by atoms with Gasteiger partial charge in [0.1, 0.15) is 0 Å². The second-order valence-electron chi connectivity index (χ2n) is 6.73. The fourth-order valence-electron chi connectivity index (χ4n) is 4.89. The Morgan fingerprint density at radius 3 is 2.73 bits per heavy atom. The molecule has 2 fully saturated rings. The van der Waals surface area contributed by atoms with Crippen LogP contribution in [0, 0.1) is 17.8 Å². The highest BCUT2D eigenvalue weighted by Crippen LogP contribution is 2.63. The number of hydrogen-bond acceptors (Lipinski definition) is 3. The molecule has 0 unspecified atom stereocenters. The van der Waals surface area contributed by atoms with Gasteiger partial charge in [-0.25, -0.2) is 0 Å². The van der Waals surface area contributed by atoms with Gasteiger partial charge in [0, 0.05) is 20.5 Å². The topological polar surface area (TPSA) is 32.9 Å². The average molecular weight is 394 g/mol. The summed E-state index contributed by atoms with van der Waals surface area (Å²) in [6.45, 7) is 0. The van der Waals surface area contributed by atoms with Crippen LogP contribution in [0.5, 0.6) is 0 Å². The smallest absolute Gasteiger partial charge is 0.305 e. The van der Waals surface area contributed by atoms with E-state index in [0.717, 1.165) is 21.3 Å². The van der Waals surface area contributed by atoms with E-state index in [1.807, 2.05) is 11.8 Å². The SMILES string of the molecule is O=c1[nH]c2c(s1)[C@H](c1ccc(Br)cc1)[C@H]1[C@@H]3CC[C@@H](C3)[C@@H]1S2. The number of halogens is 1. The maximum Gasteiger partial charge on any atom is 0.305 e. The highest BCUT2D eigenvalue weighted by molar-refractivity contribution is 9.10. The van der Waals surface area contributed by atoms with Gasteiger partial charge in [-0.05, 0) is 54.7 Å². The van der Waals surface area contributed by atoms with Crippen LogP contribution in [-0.4, -0.2) is 10.2 Å². The van der Waals surface area contributed by atoms with Gasteiger partial charge in [0.25, 0.3) is 0 Å². The first-order valence-electron chi connectivity index (χ1n) is 7.86. The normalized spacial score (nSPS) is 35.4. The molecule has 2 bridgehead atoms. The second kappa shape index (κ2) is 4.99. The molecule has 22 heavy (non-hydrogen) atoms. The fourth-order valence-corrected chi connectivity index (χ4v) is 8.05. The van der Waals surface area contributed by atoms with Crippen LogP contribution in [0.3, 0.4) is 0 Å². The second-order valence-corrected chi connectivity index (χ2v) is 9.85. The van der Waals surface area contributed by atoms with Crippen molar-refractivity contribution in [1.29, 1.82) is 0 Å². The zero-order chi connectivity index (χ0) is 14.8. The summed E-state index contributed by atoms with van der Waals surface area (Å²) in [5.41, 5.74) is 1.38. The third kappa shape index (κ3) is 1.95. The van der Waals surface area contributed by atoms with Gasteiger partial charge in [0.2, 0.25) is 0 Å². The van der Waals surface area contributed by atoms with Gasteiger partial charge in [0.05, 0.1) is 5.03 Å². The standard InChI is InChI=1S/C17H16BrNOS2/c18-11-5-3-8(4-6-11)12-13-9-1-2-10(7-9)14(13)21-16-15(12)22-17(20)19-16/h3-6,9-10,12-14H,1-2,7H2,(H,19,20)/t9-,10+,12-,13-,14+/m1/s1. The lowest BCUT2D eigenvalue weighted by Crippen LogP contribution is -2.33. The summed E-state index contributed by atoms with van der Waals surface area (Å²) in [5.74, 6) is 2.83. The molecule has 1 aliphatic heterocycles. The lowest BCUT2D eigenvalue weighted by molar-refractivity contribution is 0.307. The molecular formula is C17H16BrNOS2. The Kier molecular flexibility index (Phi) is 3.15. The fraction of sp³-hybridized carbons (Fsp3) is 0.471. The van der Waals surface area contributed by atoms with Crippen LogP contribution in [0.2, 0.25) is 0 Å². The van der Waals surface area contributed by atoms with Crippen LogP contribution < -0.4 is 4.87 Å². The summed E-state index contributed by atoms with van der Waals surface area (Å²) >= 11 is 6.93. The first kappa shape index (κ1) is 13.9. The molecule has 2 aliphatic carbocycles. The van der Waals surface area contributed by atoms with E-state index in [-0.39, 0.29) is 4.87 Å². The zero-order valence-electron chi connectivity index (χ0n) is 11.9. The zero-order valence-corrected chi connectivity index (χ0v) is 15.1. The van der Waals surface area contributed by atoms with Crippen LogP contribution in [-0.2, 0) is 0 Å². The molecule has 5 atom stereocenters. The summed E-state index contributed by atoms with van der Waals surface area (Å²) in [6, 6.07) is 8.74. The van der Waals surface area contributed by atoms with E-state index in [1.165, 1.54) is 41.0 Å². The minimum Gasteiger partial charge on any atom is -0.307 e. The van der Waals surface area contributed by atoms with E-state index < -0.39 is 0 Å². The number of thiazole rings is 1. The molecule has 0 saturated heterocycles. The summed E-state index contributed by atoms with van der Waals surface area (Å²) in [4.78, 5) is 16.4. The Balaban J connectivity index is 1.68. The molecule has 0 radical (unpaired) electrons. The Morgan fingerprint density at radius 2 is 1.91 bits per heavy atom. The number of aromatic amines is 1. The molecule has 1 aromatic carbocycles. The third-order valence-corrected chi connectivity index (χ3v) is 8.85. The van der Waals surface area contributed by atoms with Crippen molar-refractivity contribution < 1.29 is 0 Å². The van der Waals surface area contributed by atoms with Crippen LogP contribution in [0.25, 0.3) is 0 Å². The molecule has 2 saturated carbocycles. The van der Waals surface area contributed by atoms with Crippen molar-refractivity contribution in [2.75, 3.05) is 0 Å². The maximum absolute atomic E-state index is 11.9. The van der Waals surface area contributed by atoms with Crippen molar-refractivity contribution in [1.82, 2.24) is 4.98 Å². The molecule has 114 valence electrons.